The van der Waals surface area contributed by atoms with Crippen LogP contribution >= 0.6 is 11.6 Å². The van der Waals surface area contributed by atoms with E-state index in [4.69, 9.17) is 21.1 Å². The molecule has 5 nitrogen and oxygen atoms in total. The largest absolute Gasteiger partial charge is 0.495 e. The average molecular weight is 493 g/mol. The molecule has 1 atom stereocenters. The van der Waals surface area contributed by atoms with Crippen molar-refractivity contribution < 1.29 is 19.0 Å². The number of rotatable bonds is 8. The van der Waals surface area contributed by atoms with Crippen LogP contribution in [0.15, 0.2) is 78.9 Å². The molecule has 0 spiro atoms. The number of hydrogen-bond donors (Lipinski definition) is 3. The lowest BCUT2D eigenvalue weighted by Crippen LogP contribution is -2.01. The Morgan fingerprint density at radius 3 is 2.23 bits per heavy atom. The Morgan fingerprint density at radius 2 is 1.51 bits per heavy atom. The van der Waals surface area contributed by atoms with Gasteiger partial charge in [0, 0.05) is 28.7 Å². The Balaban J connectivity index is 1.69. The molecule has 35 heavy (non-hydrogen) atoms. The smallest absolute Gasteiger partial charge is 0.190 e. The molecular formula is C28H26ClFN2O3. The van der Waals surface area contributed by atoms with Crippen LogP contribution in [0, 0.1) is 5.82 Å². The molecule has 0 fully saturated rings. The molecule has 4 rings (SSSR count). The number of methoxy groups -OCH3 is 2. The monoisotopic (exact) mass is 492 g/mol. The normalized spacial score (nSPS) is 11.6. The predicted molar refractivity (Wildman–Crippen MR) is 140 cm³/mol. The summed E-state index contributed by atoms with van der Waals surface area (Å²) in [5, 5.41) is 16.5. The lowest BCUT2D eigenvalue weighted by molar-refractivity contribution is 0.199. The SMILES string of the molecule is COc1cc(OC)c(Cl)c(Nc2ccccc2-c2cccc(Nc3cccc(C(C)O)c3)c2)c1F. The second-order valence-electron chi connectivity index (χ2n) is 7.96. The first-order chi connectivity index (χ1) is 16.9. The maximum Gasteiger partial charge on any atom is 0.190 e. The minimum absolute atomic E-state index is 0.0249. The fourth-order valence-corrected chi connectivity index (χ4v) is 4.04. The molecule has 7 heteroatoms. The van der Waals surface area contributed by atoms with Crippen LogP contribution in [0.5, 0.6) is 11.5 Å². The van der Waals surface area contributed by atoms with Crippen LogP contribution in [0.3, 0.4) is 0 Å². The third-order valence-corrected chi connectivity index (χ3v) is 5.97. The van der Waals surface area contributed by atoms with Crippen molar-refractivity contribution in [2.24, 2.45) is 0 Å². The van der Waals surface area contributed by atoms with Crippen molar-refractivity contribution in [2.75, 3.05) is 24.9 Å². The van der Waals surface area contributed by atoms with Crippen LogP contribution in [-0.2, 0) is 0 Å². The van der Waals surface area contributed by atoms with Crippen LogP contribution in [0.4, 0.5) is 27.1 Å². The fraction of sp³-hybridized carbons (Fsp3) is 0.143. The highest BCUT2D eigenvalue weighted by Gasteiger charge is 2.20. The van der Waals surface area contributed by atoms with Crippen LogP contribution in [0.25, 0.3) is 11.1 Å². The van der Waals surface area contributed by atoms with E-state index < -0.39 is 11.9 Å². The predicted octanol–water partition coefficient (Wildman–Crippen LogP) is 7.70. The molecule has 0 saturated heterocycles. The van der Waals surface area contributed by atoms with Crippen molar-refractivity contribution in [1.29, 1.82) is 0 Å². The summed E-state index contributed by atoms with van der Waals surface area (Å²) < 4.78 is 25.6. The van der Waals surface area contributed by atoms with E-state index in [1.54, 1.807) is 6.92 Å². The van der Waals surface area contributed by atoms with E-state index >= 15 is 4.39 Å². The van der Waals surface area contributed by atoms with Crippen molar-refractivity contribution in [2.45, 2.75) is 13.0 Å². The Labute approximate surface area is 209 Å². The highest BCUT2D eigenvalue weighted by molar-refractivity contribution is 6.35. The van der Waals surface area contributed by atoms with Crippen molar-refractivity contribution >= 4 is 34.4 Å². The van der Waals surface area contributed by atoms with Crippen molar-refractivity contribution in [3.05, 3.63) is 95.3 Å². The molecule has 0 aliphatic rings. The number of benzene rings is 4. The van der Waals surface area contributed by atoms with Gasteiger partial charge in [0.2, 0.25) is 0 Å². The maximum absolute atomic E-state index is 15.1. The van der Waals surface area contributed by atoms with Gasteiger partial charge in [0.1, 0.15) is 16.5 Å². The first-order valence-electron chi connectivity index (χ1n) is 11.0. The van der Waals surface area contributed by atoms with Gasteiger partial charge in [-0.3, -0.25) is 0 Å². The van der Waals surface area contributed by atoms with Crippen LogP contribution < -0.4 is 20.1 Å². The maximum atomic E-state index is 15.1. The quantitative estimate of drug-likeness (QED) is 0.235. The van der Waals surface area contributed by atoms with Gasteiger partial charge in [0.05, 0.1) is 20.3 Å². The highest BCUT2D eigenvalue weighted by Crippen LogP contribution is 2.42. The Hall–Kier alpha value is -3.74. The minimum atomic E-state index is -0.610. The Kier molecular flexibility index (Phi) is 7.44. The zero-order valence-electron chi connectivity index (χ0n) is 19.6. The van der Waals surface area contributed by atoms with Crippen LogP contribution in [0.1, 0.15) is 18.6 Å². The summed E-state index contributed by atoms with van der Waals surface area (Å²) in [6, 6.07) is 24.5. The Morgan fingerprint density at radius 1 is 0.829 bits per heavy atom. The van der Waals surface area contributed by atoms with Gasteiger partial charge in [0.15, 0.2) is 11.6 Å². The Bertz CT molecular complexity index is 1320. The van der Waals surface area contributed by atoms with Gasteiger partial charge in [-0.15, -0.1) is 0 Å². The number of halogens is 2. The summed E-state index contributed by atoms with van der Waals surface area (Å²) in [5.41, 5.74) is 5.06. The van der Waals surface area contributed by atoms with E-state index in [9.17, 15) is 5.11 Å². The average Bonchev–Trinajstić information content (AvgIpc) is 2.87. The summed E-state index contributed by atoms with van der Waals surface area (Å²) in [6.45, 7) is 1.73. The number of aliphatic hydroxyl groups is 1. The van der Waals surface area contributed by atoms with Crippen molar-refractivity contribution in [1.82, 2.24) is 0 Å². The van der Waals surface area contributed by atoms with Gasteiger partial charge in [-0.1, -0.05) is 54.1 Å². The van der Waals surface area contributed by atoms with E-state index in [0.29, 0.717) is 11.4 Å². The van der Waals surface area contributed by atoms with Crippen molar-refractivity contribution in [3.63, 3.8) is 0 Å². The van der Waals surface area contributed by atoms with E-state index in [2.05, 4.69) is 10.6 Å². The van der Waals surface area contributed by atoms with Gasteiger partial charge < -0.3 is 25.2 Å². The standard InChI is InChI=1S/C28H26ClFN2O3/c1-17(33)18-8-6-10-20(14-18)31-21-11-7-9-19(15-21)22-12-4-5-13-23(22)32-28-26(29)24(34-2)16-25(35-3)27(28)30/h4-17,31-33H,1-3H3. The molecule has 3 N–H and O–H groups in total. The molecule has 0 aliphatic carbocycles. The molecular weight excluding hydrogens is 467 g/mol. The molecule has 0 radical (unpaired) electrons. The van der Waals surface area contributed by atoms with Crippen LogP contribution in [0.2, 0.25) is 5.02 Å². The van der Waals surface area contributed by atoms with E-state index in [1.807, 2.05) is 72.8 Å². The lowest BCUT2D eigenvalue weighted by atomic mass is 10.0. The topological polar surface area (TPSA) is 62.8 Å². The molecule has 4 aromatic carbocycles. The minimum Gasteiger partial charge on any atom is -0.495 e. The first kappa shape index (κ1) is 24.4. The third kappa shape index (κ3) is 5.34. The number of anilines is 4. The molecule has 4 aromatic rings. The summed E-state index contributed by atoms with van der Waals surface area (Å²) in [7, 11) is 2.85. The number of hydrogen-bond acceptors (Lipinski definition) is 5. The molecule has 0 saturated carbocycles. The van der Waals surface area contributed by atoms with Gasteiger partial charge in [-0.2, -0.15) is 0 Å². The second-order valence-corrected chi connectivity index (χ2v) is 8.34. The zero-order valence-corrected chi connectivity index (χ0v) is 20.4. The third-order valence-electron chi connectivity index (χ3n) is 5.59. The number of aliphatic hydroxyl groups excluding tert-OH is 1. The molecule has 0 bridgehead atoms. The summed E-state index contributed by atoms with van der Waals surface area (Å²) in [5.74, 6) is -0.283. The summed E-state index contributed by atoms with van der Waals surface area (Å²) >= 11 is 6.43. The highest BCUT2D eigenvalue weighted by atomic mass is 35.5. The summed E-state index contributed by atoms with van der Waals surface area (Å²) in [4.78, 5) is 0. The van der Waals surface area contributed by atoms with E-state index in [-0.39, 0.29) is 16.5 Å². The molecule has 1 unspecified atom stereocenters. The molecule has 0 aromatic heterocycles. The number of ether oxygens (including phenoxy) is 2. The number of nitrogens with one attached hydrogen (secondary N) is 2. The fourth-order valence-electron chi connectivity index (χ4n) is 3.78. The van der Waals surface area contributed by atoms with Gasteiger partial charge in [0.25, 0.3) is 0 Å². The van der Waals surface area contributed by atoms with E-state index in [1.165, 1.54) is 20.3 Å². The van der Waals surface area contributed by atoms with Crippen LogP contribution in [-0.4, -0.2) is 19.3 Å². The number of para-hydroxylation sites is 1. The summed E-state index contributed by atoms with van der Waals surface area (Å²) in [6.07, 6.45) is -0.552. The van der Waals surface area contributed by atoms with Gasteiger partial charge in [-0.25, -0.2) is 4.39 Å². The van der Waals surface area contributed by atoms with Crippen molar-refractivity contribution in [3.8, 4) is 22.6 Å². The first-order valence-corrected chi connectivity index (χ1v) is 11.4. The van der Waals surface area contributed by atoms with Gasteiger partial charge >= 0.3 is 0 Å². The second kappa shape index (κ2) is 10.7. The van der Waals surface area contributed by atoms with Gasteiger partial charge in [-0.05, 0) is 48.4 Å². The van der Waals surface area contributed by atoms with E-state index in [0.717, 1.165) is 28.1 Å². The lowest BCUT2D eigenvalue weighted by Gasteiger charge is -2.18. The molecule has 0 heterocycles. The zero-order chi connectivity index (χ0) is 24.9. The molecule has 0 aliphatic heterocycles. The molecule has 0 amide bonds. The molecule has 180 valence electrons.